The lowest BCUT2D eigenvalue weighted by atomic mass is 10.3. The number of halogens is 1. The Balaban J connectivity index is 2.34. The maximum atomic E-state index is 11.2. The number of hydrogen-bond donors (Lipinski definition) is 2. The highest BCUT2D eigenvalue weighted by molar-refractivity contribution is 6.32. The number of alkyl halides is 1. The van der Waals surface area contributed by atoms with Gasteiger partial charge in [0.05, 0.1) is 0 Å². The lowest BCUT2D eigenvalue weighted by Crippen LogP contribution is -2.37. The Morgan fingerprint density at radius 1 is 1.41 bits per heavy atom. The van der Waals surface area contributed by atoms with Crippen LogP contribution in [0.5, 0.6) is 5.75 Å². The number of H-pyrrole nitrogens is 1. The molecule has 2 N–H and O–H groups in total. The van der Waals surface area contributed by atoms with Crippen LogP contribution < -0.4 is 4.74 Å². The molecule has 0 saturated carbocycles. The van der Waals surface area contributed by atoms with Crippen LogP contribution in [-0.2, 0) is 9.85 Å². The molecule has 1 aromatic heterocycles. The van der Waals surface area contributed by atoms with Gasteiger partial charge in [0.25, 0.3) is 0 Å². The molecule has 0 saturated heterocycles. The molecule has 0 aliphatic heterocycles. The lowest BCUT2D eigenvalue weighted by molar-refractivity contribution is -0.149. The molecule has 0 spiro atoms. The molecule has 0 fully saturated rings. The van der Waals surface area contributed by atoms with Gasteiger partial charge < -0.3 is 9.84 Å². The summed E-state index contributed by atoms with van der Waals surface area (Å²) in [6.45, 7) is 0. The van der Waals surface area contributed by atoms with E-state index >= 15 is 0 Å². The summed E-state index contributed by atoms with van der Waals surface area (Å²) in [4.78, 5) is 14.9. The van der Waals surface area contributed by atoms with Gasteiger partial charge >= 0.3 is 11.0 Å². The first-order chi connectivity index (χ1) is 8.13. The van der Waals surface area contributed by atoms with Crippen LogP contribution in [0.15, 0.2) is 36.7 Å². The van der Waals surface area contributed by atoms with Crippen molar-refractivity contribution in [3.63, 3.8) is 0 Å². The van der Waals surface area contributed by atoms with E-state index in [0.29, 0.717) is 5.75 Å². The van der Waals surface area contributed by atoms with Crippen molar-refractivity contribution in [3.05, 3.63) is 42.5 Å². The molecule has 0 aliphatic carbocycles. The first kappa shape index (κ1) is 11.4. The molecule has 88 valence electrons. The van der Waals surface area contributed by atoms with E-state index in [9.17, 15) is 4.79 Å². The summed E-state index contributed by atoms with van der Waals surface area (Å²) in [6, 6.07) is 8.37. The third-order valence-corrected chi connectivity index (χ3v) is 2.41. The van der Waals surface area contributed by atoms with Gasteiger partial charge in [0.15, 0.2) is 5.82 Å². The summed E-state index contributed by atoms with van der Waals surface area (Å²) in [6.07, 6.45) is 1.16. The second-order valence-electron chi connectivity index (χ2n) is 3.15. The number of nitrogens with one attached hydrogen (secondary N) is 1. The minimum atomic E-state index is -2.11. The fourth-order valence-corrected chi connectivity index (χ4v) is 1.38. The smallest absolute Gasteiger partial charge is 0.372 e. The highest BCUT2D eigenvalue weighted by atomic mass is 35.5. The normalized spacial score (nSPS) is 13.9. The molecule has 0 amide bonds. The van der Waals surface area contributed by atoms with Crippen molar-refractivity contribution < 1.29 is 14.6 Å². The summed E-state index contributed by atoms with van der Waals surface area (Å²) in [7, 11) is 0. The molecule has 0 bridgehead atoms. The van der Waals surface area contributed by atoms with Crippen LogP contribution in [0.4, 0.5) is 0 Å². The molecule has 2 rings (SSSR count). The van der Waals surface area contributed by atoms with E-state index in [-0.39, 0.29) is 5.82 Å². The minimum Gasteiger partial charge on any atom is -0.477 e. The predicted molar refractivity (Wildman–Crippen MR) is 58.6 cm³/mol. The zero-order valence-corrected chi connectivity index (χ0v) is 9.26. The summed E-state index contributed by atoms with van der Waals surface area (Å²) < 4.78 is 5.24. The number of nitrogens with zero attached hydrogens (tertiary/aromatic N) is 2. The third kappa shape index (κ3) is 2.21. The SMILES string of the molecule is O=C(O)C(Cl)(Oc1ccccc1)c1ncn[nH]1. The van der Waals surface area contributed by atoms with Crippen LogP contribution in [0.2, 0.25) is 0 Å². The predicted octanol–water partition coefficient (Wildman–Crippen LogP) is 1.36. The van der Waals surface area contributed by atoms with Crippen molar-refractivity contribution in [1.29, 1.82) is 0 Å². The molecule has 2 aromatic rings. The van der Waals surface area contributed by atoms with Crippen molar-refractivity contribution in [2.75, 3.05) is 0 Å². The summed E-state index contributed by atoms with van der Waals surface area (Å²) in [5.41, 5.74) is 0. The first-order valence-electron chi connectivity index (χ1n) is 4.65. The maximum absolute atomic E-state index is 11.2. The van der Waals surface area contributed by atoms with Crippen molar-refractivity contribution in [1.82, 2.24) is 15.2 Å². The number of aromatic amines is 1. The summed E-state index contributed by atoms with van der Waals surface area (Å²) in [5.74, 6) is -1.14. The van der Waals surface area contributed by atoms with Gasteiger partial charge in [0.2, 0.25) is 0 Å². The summed E-state index contributed by atoms with van der Waals surface area (Å²) >= 11 is 5.92. The van der Waals surface area contributed by atoms with Crippen molar-refractivity contribution in [2.24, 2.45) is 0 Å². The van der Waals surface area contributed by atoms with Crippen molar-refractivity contribution >= 4 is 17.6 Å². The third-order valence-electron chi connectivity index (χ3n) is 2.00. The number of aliphatic carboxylic acids is 1. The Morgan fingerprint density at radius 2 is 2.12 bits per heavy atom. The van der Waals surface area contributed by atoms with E-state index in [0.717, 1.165) is 6.33 Å². The number of hydrogen-bond acceptors (Lipinski definition) is 4. The van der Waals surface area contributed by atoms with Crippen LogP contribution in [0.1, 0.15) is 5.82 Å². The Labute approximate surface area is 101 Å². The van der Waals surface area contributed by atoms with Gasteiger partial charge in [-0.2, -0.15) is 5.10 Å². The fraction of sp³-hybridized carbons (Fsp3) is 0.100. The van der Waals surface area contributed by atoms with Crippen molar-refractivity contribution in [3.8, 4) is 5.75 Å². The average molecular weight is 254 g/mol. The molecular formula is C10H8ClN3O3. The van der Waals surface area contributed by atoms with E-state index in [2.05, 4.69) is 15.2 Å². The van der Waals surface area contributed by atoms with Gasteiger partial charge in [-0.15, -0.1) is 0 Å². The van der Waals surface area contributed by atoms with E-state index < -0.39 is 11.0 Å². The molecule has 7 heteroatoms. The molecule has 1 heterocycles. The van der Waals surface area contributed by atoms with Crippen LogP contribution in [0.25, 0.3) is 0 Å². The number of carboxylic acids is 1. The highest BCUT2D eigenvalue weighted by Crippen LogP contribution is 2.30. The number of carbonyl (C=O) groups is 1. The second-order valence-corrected chi connectivity index (χ2v) is 3.68. The van der Waals surface area contributed by atoms with Gasteiger partial charge in [0.1, 0.15) is 12.1 Å². The van der Waals surface area contributed by atoms with Gasteiger partial charge in [-0.05, 0) is 12.1 Å². The minimum absolute atomic E-state index is 0.0875. The zero-order chi connectivity index (χ0) is 12.3. The maximum Gasteiger partial charge on any atom is 0.372 e. The molecule has 1 atom stereocenters. The fourth-order valence-electron chi connectivity index (χ4n) is 1.20. The number of aromatic nitrogens is 3. The summed E-state index contributed by atoms with van der Waals surface area (Å²) in [5, 5.41) is 12.9. The van der Waals surface area contributed by atoms with E-state index in [1.165, 1.54) is 0 Å². The number of ether oxygens (including phenoxy) is 1. The number of rotatable bonds is 4. The Kier molecular flexibility index (Phi) is 2.97. The molecule has 1 unspecified atom stereocenters. The molecule has 6 nitrogen and oxygen atoms in total. The highest BCUT2D eigenvalue weighted by Gasteiger charge is 2.44. The largest absolute Gasteiger partial charge is 0.477 e. The number of benzene rings is 1. The van der Waals surface area contributed by atoms with Gasteiger partial charge in [-0.1, -0.05) is 29.8 Å². The molecule has 17 heavy (non-hydrogen) atoms. The second kappa shape index (κ2) is 4.42. The van der Waals surface area contributed by atoms with Crippen LogP contribution in [0, 0.1) is 0 Å². The molecule has 0 aliphatic rings. The molecule has 1 aromatic carbocycles. The lowest BCUT2D eigenvalue weighted by Gasteiger charge is -2.21. The number of carboxylic acid groups (broad SMARTS) is 1. The molecule has 0 radical (unpaired) electrons. The first-order valence-corrected chi connectivity index (χ1v) is 5.03. The van der Waals surface area contributed by atoms with Gasteiger partial charge in [-0.25, -0.2) is 9.78 Å². The Bertz CT molecular complexity index is 503. The Morgan fingerprint density at radius 3 is 2.65 bits per heavy atom. The van der Waals surface area contributed by atoms with E-state index in [1.54, 1.807) is 30.3 Å². The average Bonchev–Trinajstić information content (AvgIpc) is 2.84. The monoisotopic (exact) mass is 253 g/mol. The standard InChI is InChI=1S/C10H8ClN3O3/c11-10(9(15)16,8-12-6-13-14-8)17-7-4-2-1-3-5-7/h1-6H,(H,15,16)(H,12,13,14). The van der Waals surface area contributed by atoms with Gasteiger partial charge in [-0.3, -0.25) is 5.10 Å². The van der Waals surface area contributed by atoms with Crippen LogP contribution in [0.3, 0.4) is 0 Å². The van der Waals surface area contributed by atoms with Crippen LogP contribution >= 0.6 is 11.6 Å². The van der Waals surface area contributed by atoms with Crippen molar-refractivity contribution in [2.45, 2.75) is 5.06 Å². The molecular weight excluding hydrogens is 246 g/mol. The topological polar surface area (TPSA) is 88.1 Å². The number of para-hydroxylation sites is 1. The quantitative estimate of drug-likeness (QED) is 0.803. The zero-order valence-electron chi connectivity index (χ0n) is 8.50. The van der Waals surface area contributed by atoms with Gasteiger partial charge in [0, 0.05) is 0 Å². The van der Waals surface area contributed by atoms with E-state index in [4.69, 9.17) is 21.4 Å². The Hall–Kier alpha value is -2.08. The van der Waals surface area contributed by atoms with Crippen LogP contribution in [-0.4, -0.2) is 26.3 Å². The van der Waals surface area contributed by atoms with E-state index in [1.807, 2.05) is 0 Å².